The smallest absolute Gasteiger partial charge is 0.277 e. The summed E-state index contributed by atoms with van der Waals surface area (Å²) in [6.07, 6.45) is 1.70. The van der Waals surface area contributed by atoms with Crippen molar-refractivity contribution in [3.63, 3.8) is 0 Å². The van der Waals surface area contributed by atoms with E-state index >= 15 is 0 Å². The topological polar surface area (TPSA) is 55.6 Å². The zero-order valence-electron chi connectivity index (χ0n) is 18.3. The van der Waals surface area contributed by atoms with Crippen molar-refractivity contribution in [3.05, 3.63) is 98.1 Å². The highest BCUT2D eigenvalue weighted by molar-refractivity contribution is 9.11. The van der Waals surface area contributed by atoms with Gasteiger partial charge in [-0.3, -0.25) is 4.79 Å². The lowest BCUT2D eigenvalue weighted by molar-refractivity contribution is -0.123. The second-order valence-corrected chi connectivity index (χ2v) is 9.44. The molecule has 0 saturated carbocycles. The highest BCUT2D eigenvalue weighted by atomic mass is 79.9. The van der Waals surface area contributed by atoms with E-state index < -0.39 is 0 Å². The molecule has 4 aromatic rings. The summed E-state index contributed by atoms with van der Waals surface area (Å²) in [6, 6.07) is 22.4. The average Bonchev–Trinajstić information content (AvgIpc) is 3.05. The van der Waals surface area contributed by atoms with E-state index in [1.807, 2.05) is 49.4 Å². The zero-order chi connectivity index (χ0) is 23.4. The van der Waals surface area contributed by atoms with Crippen LogP contribution in [0.25, 0.3) is 10.9 Å². The van der Waals surface area contributed by atoms with E-state index in [1.165, 1.54) is 5.56 Å². The van der Waals surface area contributed by atoms with E-state index in [4.69, 9.17) is 4.74 Å². The van der Waals surface area contributed by atoms with Crippen LogP contribution in [0.5, 0.6) is 5.75 Å². The molecule has 0 saturated heterocycles. The molecule has 168 valence electrons. The van der Waals surface area contributed by atoms with Gasteiger partial charge in [-0.25, -0.2) is 5.43 Å². The molecule has 7 heteroatoms. The second-order valence-electron chi connectivity index (χ2n) is 7.73. The number of halogens is 2. The highest BCUT2D eigenvalue weighted by Gasteiger charge is 2.13. The van der Waals surface area contributed by atoms with Crippen molar-refractivity contribution >= 4 is 54.9 Å². The molecule has 0 unspecified atom stereocenters. The van der Waals surface area contributed by atoms with E-state index in [0.717, 1.165) is 43.2 Å². The molecule has 0 bridgehead atoms. The van der Waals surface area contributed by atoms with E-state index in [9.17, 15) is 4.79 Å². The van der Waals surface area contributed by atoms with Crippen molar-refractivity contribution in [1.82, 2.24) is 9.99 Å². The summed E-state index contributed by atoms with van der Waals surface area (Å²) in [6.45, 7) is 4.68. The molecule has 0 spiro atoms. The Morgan fingerprint density at radius 1 is 1.03 bits per heavy atom. The van der Waals surface area contributed by atoms with Crippen LogP contribution < -0.4 is 10.2 Å². The number of rotatable bonds is 7. The lowest BCUT2D eigenvalue weighted by atomic mass is 10.1. The molecule has 5 nitrogen and oxygen atoms in total. The molecule has 0 aliphatic heterocycles. The Morgan fingerprint density at radius 3 is 2.42 bits per heavy atom. The number of hydrazone groups is 1. The fourth-order valence-corrected chi connectivity index (χ4v) is 5.40. The quantitative estimate of drug-likeness (QED) is 0.208. The molecular weight excluding hydrogens is 546 g/mol. The molecule has 0 atom stereocenters. The van der Waals surface area contributed by atoms with Crippen LogP contribution in [0.2, 0.25) is 0 Å². The summed E-state index contributed by atoms with van der Waals surface area (Å²) in [4.78, 5) is 12.3. The Kier molecular flexibility index (Phi) is 7.30. The van der Waals surface area contributed by atoms with Gasteiger partial charge in [-0.1, -0.05) is 48.5 Å². The van der Waals surface area contributed by atoms with E-state index in [1.54, 1.807) is 6.21 Å². The van der Waals surface area contributed by atoms with Gasteiger partial charge in [-0.05, 0) is 75.0 Å². The molecule has 0 radical (unpaired) electrons. The van der Waals surface area contributed by atoms with Crippen molar-refractivity contribution < 1.29 is 9.53 Å². The van der Waals surface area contributed by atoms with Crippen LogP contribution in [0.15, 0.2) is 80.8 Å². The third-order valence-electron chi connectivity index (χ3n) is 5.34. The third-order valence-corrected chi connectivity index (χ3v) is 6.51. The Balaban J connectivity index is 1.48. The summed E-state index contributed by atoms with van der Waals surface area (Å²) in [5.41, 5.74) is 8.07. The van der Waals surface area contributed by atoms with Crippen LogP contribution in [0.3, 0.4) is 0 Å². The number of benzene rings is 3. The summed E-state index contributed by atoms with van der Waals surface area (Å²) in [7, 11) is 0. The third kappa shape index (κ3) is 5.37. The van der Waals surface area contributed by atoms with Crippen molar-refractivity contribution in [3.8, 4) is 5.75 Å². The molecule has 4 rings (SSSR count). The molecule has 1 aromatic heterocycles. The summed E-state index contributed by atoms with van der Waals surface area (Å²) in [5, 5.41) is 5.29. The predicted molar refractivity (Wildman–Crippen MR) is 140 cm³/mol. The fourth-order valence-electron chi connectivity index (χ4n) is 3.75. The van der Waals surface area contributed by atoms with Crippen LogP contribution in [0.1, 0.15) is 22.4 Å². The number of para-hydroxylation sites is 1. The summed E-state index contributed by atoms with van der Waals surface area (Å²) >= 11 is 6.94. The number of carbonyl (C=O) groups excluding carboxylic acids is 1. The first-order valence-corrected chi connectivity index (χ1v) is 12.0. The zero-order valence-corrected chi connectivity index (χ0v) is 21.5. The second kappa shape index (κ2) is 10.4. The van der Waals surface area contributed by atoms with Crippen molar-refractivity contribution in [1.29, 1.82) is 0 Å². The molecule has 33 heavy (non-hydrogen) atoms. The first-order valence-electron chi connectivity index (χ1n) is 10.5. The minimum absolute atomic E-state index is 0.146. The van der Waals surface area contributed by atoms with E-state index in [0.29, 0.717) is 5.75 Å². The first kappa shape index (κ1) is 23.3. The monoisotopic (exact) mass is 567 g/mol. The minimum atomic E-state index is -0.337. The summed E-state index contributed by atoms with van der Waals surface area (Å²) < 4.78 is 9.50. The molecule has 3 aromatic carbocycles. The molecule has 1 amide bonds. The number of carbonyl (C=O) groups is 1. The maximum absolute atomic E-state index is 12.3. The number of hydrogen-bond donors (Lipinski definition) is 1. The normalized spacial score (nSPS) is 11.3. The van der Waals surface area contributed by atoms with E-state index in [-0.39, 0.29) is 12.5 Å². The van der Waals surface area contributed by atoms with Gasteiger partial charge in [-0.2, -0.15) is 5.10 Å². The van der Waals surface area contributed by atoms with Crippen LogP contribution in [-0.4, -0.2) is 23.3 Å². The van der Waals surface area contributed by atoms with Gasteiger partial charge >= 0.3 is 0 Å². The van der Waals surface area contributed by atoms with Gasteiger partial charge in [0.25, 0.3) is 5.91 Å². The van der Waals surface area contributed by atoms with Crippen LogP contribution in [0, 0.1) is 13.8 Å². The SMILES string of the molecule is Cc1cc(Br)c(OCC(=O)N/N=C/c2c(C)n(Cc3ccccc3)c3ccccc23)c(Br)c1. The van der Waals surface area contributed by atoms with Gasteiger partial charge in [0.1, 0.15) is 5.75 Å². The van der Waals surface area contributed by atoms with Crippen molar-refractivity contribution in [2.24, 2.45) is 5.10 Å². The average molecular weight is 569 g/mol. The standard InChI is InChI=1S/C26H23Br2N3O2/c1-17-12-22(27)26(23(28)13-17)33-16-25(32)30-29-14-21-18(2)31(15-19-8-4-3-5-9-19)24-11-7-6-10-20(21)24/h3-14H,15-16H2,1-2H3,(H,30,32)/b29-14+. The number of nitrogens with zero attached hydrogens (tertiary/aromatic N) is 2. The van der Waals surface area contributed by atoms with Gasteiger partial charge in [-0.15, -0.1) is 0 Å². The molecule has 1 N–H and O–H groups in total. The number of hydrogen-bond acceptors (Lipinski definition) is 3. The Labute approximate surface area is 209 Å². The van der Waals surface area contributed by atoms with Crippen molar-refractivity contribution in [2.75, 3.05) is 6.61 Å². The molecular formula is C26H23Br2N3O2. The number of nitrogens with one attached hydrogen (secondary N) is 1. The van der Waals surface area contributed by atoms with E-state index in [2.05, 4.69) is 78.1 Å². The molecule has 0 aliphatic rings. The Bertz CT molecular complexity index is 1310. The fraction of sp³-hybridized carbons (Fsp3) is 0.154. The Morgan fingerprint density at radius 2 is 1.70 bits per heavy atom. The van der Waals surface area contributed by atoms with Gasteiger partial charge < -0.3 is 9.30 Å². The number of aromatic nitrogens is 1. The number of ether oxygens (including phenoxy) is 1. The van der Waals surface area contributed by atoms with Crippen molar-refractivity contribution in [2.45, 2.75) is 20.4 Å². The number of fused-ring (bicyclic) bond motifs is 1. The Hall–Kier alpha value is -2.90. The maximum atomic E-state index is 12.3. The lowest BCUT2D eigenvalue weighted by Crippen LogP contribution is -2.24. The van der Waals surface area contributed by atoms with Gasteiger partial charge in [0.2, 0.25) is 0 Å². The predicted octanol–water partition coefficient (Wildman–Crippen LogP) is 6.36. The van der Waals surface area contributed by atoms with Gasteiger partial charge in [0, 0.05) is 28.7 Å². The first-order chi connectivity index (χ1) is 15.9. The highest BCUT2D eigenvalue weighted by Crippen LogP contribution is 2.34. The van der Waals surface area contributed by atoms with Crippen LogP contribution >= 0.6 is 31.9 Å². The van der Waals surface area contributed by atoms with Gasteiger partial charge in [0.05, 0.1) is 15.2 Å². The minimum Gasteiger partial charge on any atom is -0.481 e. The van der Waals surface area contributed by atoms with Crippen LogP contribution in [0.4, 0.5) is 0 Å². The number of aryl methyl sites for hydroxylation is 1. The van der Waals surface area contributed by atoms with Gasteiger partial charge in [0.15, 0.2) is 6.61 Å². The molecule has 1 heterocycles. The number of amides is 1. The maximum Gasteiger partial charge on any atom is 0.277 e. The molecule has 0 aliphatic carbocycles. The molecule has 0 fully saturated rings. The summed E-state index contributed by atoms with van der Waals surface area (Å²) in [5.74, 6) is 0.246. The lowest BCUT2D eigenvalue weighted by Gasteiger charge is -2.10. The largest absolute Gasteiger partial charge is 0.481 e. The van der Waals surface area contributed by atoms with Crippen LogP contribution in [-0.2, 0) is 11.3 Å².